The molecule has 4 nitrogen and oxygen atoms in total. The van der Waals surface area contributed by atoms with Gasteiger partial charge in [0.2, 0.25) is 5.91 Å². The SMILES string of the molecule is O=C(Cc1ccccc1)Nc1ccc(Nc2cccc(Cl)c2)cn1. The molecule has 1 amide bonds. The van der Waals surface area contributed by atoms with Crippen LogP contribution in [0.5, 0.6) is 0 Å². The summed E-state index contributed by atoms with van der Waals surface area (Å²) < 4.78 is 0. The van der Waals surface area contributed by atoms with E-state index in [1.165, 1.54) is 0 Å². The first kappa shape index (κ1) is 16.0. The van der Waals surface area contributed by atoms with Crippen LogP contribution in [0.1, 0.15) is 5.56 Å². The minimum Gasteiger partial charge on any atom is -0.354 e. The molecule has 5 heteroatoms. The molecule has 0 aliphatic carbocycles. The van der Waals surface area contributed by atoms with Crippen LogP contribution in [-0.2, 0) is 11.2 Å². The van der Waals surface area contributed by atoms with E-state index in [0.29, 0.717) is 17.3 Å². The van der Waals surface area contributed by atoms with Gasteiger partial charge in [0.15, 0.2) is 0 Å². The molecule has 1 aromatic heterocycles. The Kier molecular flexibility index (Phi) is 5.08. The van der Waals surface area contributed by atoms with E-state index in [2.05, 4.69) is 15.6 Å². The molecule has 2 aromatic carbocycles. The molecule has 0 bridgehead atoms. The summed E-state index contributed by atoms with van der Waals surface area (Å²) in [5.41, 5.74) is 2.66. The molecular weight excluding hydrogens is 322 g/mol. The van der Waals surface area contributed by atoms with Gasteiger partial charge >= 0.3 is 0 Å². The Balaban J connectivity index is 1.59. The van der Waals surface area contributed by atoms with Gasteiger partial charge in [0, 0.05) is 10.7 Å². The highest BCUT2D eigenvalue weighted by molar-refractivity contribution is 6.30. The number of hydrogen-bond donors (Lipinski definition) is 2. The molecule has 2 N–H and O–H groups in total. The van der Waals surface area contributed by atoms with Gasteiger partial charge in [-0.05, 0) is 35.9 Å². The number of carbonyl (C=O) groups is 1. The van der Waals surface area contributed by atoms with E-state index >= 15 is 0 Å². The number of halogens is 1. The maximum absolute atomic E-state index is 12.0. The van der Waals surface area contributed by atoms with Crippen LogP contribution in [0.2, 0.25) is 5.02 Å². The largest absolute Gasteiger partial charge is 0.354 e. The van der Waals surface area contributed by atoms with Crippen molar-refractivity contribution in [3.63, 3.8) is 0 Å². The van der Waals surface area contributed by atoms with Crippen LogP contribution in [0.15, 0.2) is 72.9 Å². The summed E-state index contributed by atoms with van der Waals surface area (Å²) in [6, 6.07) is 20.6. The highest BCUT2D eigenvalue weighted by Crippen LogP contribution is 2.20. The van der Waals surface area contributed by atoms with Gasteiger partial charge in [0.25, 0.3) is 0 Å². The highest BCUT2D eigenvalue weighted by Gasteiger charge is 2.05. The van der Waals surface area contributed by atoms with Crippen molar-refractivity contribution in [2.45, 2.75) is 6.42 Å². The monoisotopic (exact) mass is 337 g/mol. The van der Waals surface area contributed by atoms with Gasteiger partial charge in [0.1, 0.15) is 5.82 Å². The third kappa shape index (κ3) is 4.57. The lowest BCUT2D eigenvalue weighted by Crippen LogP contribution is -2.15. The Bertz CT molecular complexity index is 820. The van der Waals surface area contributed by atoms with E-state index in [9.17, 15) is 4.79 Å². The fraction of sp³-hybridized carbons (Fsp3) is 0.0526. The first-order valence-corrected chi connectivity index (χ1v) is 7.89. The summed E-state index contributed by atoms with van der Waals surface area (Å²) in [7, 11) is 0. The van der Waals surface area contributed by atoms with Crippen molar-refractivity contribution in [1.29, 1.82) is 0 Å². The number of nitrogens with zero attached hydrogens (tertiary/aromatic N) is 1. The second-order valence-corrected chi connectivity index (χ2v) is 5.71. The van der Waals surface area contributed by atoms with E-state index in [-0.39, 0.29) is 5.91 Å². The van der Waals surface area contributed by atoms with Gasteiger partial charge in [0.05, 0.1) is 18.3 Å². The van der Waals surface area contributed by atoms with E-state index in [4.69, 9.17) is 11.6 Å². The van der Waals surface area contributed by atoms with Gasteiger partial charge in [-0.2, -0.15) is 0 Å². The molecular formula is C19H16ClN3O. The second kappa shape index (κ2) is 7.62. The van der Waals surface area contributed by atoms with Crippen LogP contribution < -0.4 is 10.6 Å². The zero-order valence-corrected chi connectivity index (χ0v) is 13.6. The Labute approximate surface area is 145 Å². The molecule has 0 aliphatic heterocycles. The number of carbonyl (C=O) groups excluding carboxylic acids is 1. The highest BCUT2D eigenvalue weighted by atomic mass is 35.5. The van der Waals surface area contributed by atoms with E-state index < -0.39 is 0 Å². The summed E-state index contributed by atoms with van der Waals surface area (Å²) >= 11 is 5.96. The molecule has 3 rings (SSSR count). The number of benzene rings is 2. The van der Waals surface area contributed by atoms with Crippen molar-refractivity contribution in [2.75, 3.05) is 10.6 Å². The molecule has 1 heterocycles. The summed E-state index contributed by atoms with van der Waals surface area (Å²) in [6.45, 7) is 0. The topological polar surface area (TPSA) is 54.0 Å². The third-order valence-electron chi connectivity index (χ3n) is 3.35. The predicted octanol–water partition coefficient (Wildman–Crippen LogP) is 4.66. The Morgan fingerprint density at radius 3 is 2.50 bits per heavy atom. The minimum absolute atomic E-state index is 0.0933. The lowest BCUT2D eigenvalue weighted by molar-refractivity contribution is -0.115. The number of aromatic nitrogens is 1. The van der Waals surface area contributed by atoms with Crippen LogP contribution in [0.3, 0.4) is 0 Å². The number of rotatable bonds is 5. The summed E-state index contributed by atoms with van der Waals surface area (Å²) in [5, 5.41) is 6.66. The number of anilines is 3. The minimum atomic E-state index is -0.0933. The molecule has 0 spiro atoms. The number of pyridine rings is 1. The Morgan fingerprint density at radius 1 is 0.958 bits per heavy atom. The fourth-order valence-electron chi connectivity index (χ4n) is 2.24. The molecule has 120 valence electrons. The quantitative estimate of drug-likeness (QED) is 0.712. The second-order valence-electron chi connectivity index (χ2n) is 5.28. The van der Waals surface area contributed by atoms with Crippen LogP contribution in [0, 0.1) is 0 Å². The molecule has 0 unspecified atom stereocenters. The average Bonchev–Trinajstić information content (AvgIpc) is 2.57. The van der Waals surface area contributed by atoms with E-state index in [1.54, 1.807) is 12.3 Å². The van der Waals surface area contributed by atoms with Crippen molar-refractivity contribution in [3.8, 4) is 0 Å². The van der Waals surface area contributed by atoms with Crippen LogP contribution >= 0.6 is 11.6 Å². The summed E-state index contributed by atoms with van der Waals surface area (Å²) in [4.78, 5) is 16.3. The molecule has 24 heavy (non-hydrogen) atoms. The zero-order valence-electron chi connectivity index (χ0n) is 12.9. The molecule has 3 aromatic rings. The fourth-order valence-corrected chi connectivity index (χ4v) is 2.43. The molecule has 0 aliphatic rings. The number of amides is 1. The van der Waals surface area contributed by atoms with Crippen molar-refractivity contribution < 1.29 is 4.79 Å². The molecule has 0 radical (unpaired) electrons. The predicted molar refractivity (Wildman–Crippen MR) is 97.7 cm³/mol. The zero-order chi connectivity index (χ0) is 16.8. The molecule has 0 atom stereocenters. The van der Waals surface area contributed by atoms with Gasteiger partial charge in [-0.15, -0.1) is 0 Å². The maximum atomic E-state index is 12.0. The first-order chi connectivity index (χ1) is 11.7. The molecule has 0 saturated carbocycles. The van der Waals surface area contributed by atoms with Crippen LogP contribution in [0.25, 0.3) is 0 Å². The summed E-state index contributed by atoms with van der Waals surface area (Å²) in [5.74, 6) is 0.428. The number of nitrogens with one attached hydrogen (secondary N) is 2. The van der Waals surface area contributed by atoms with Crippen molar-refractivity contribution in [3.05, 3.63) is 83.5 Å². The average molecular weight is 338 g/mol. The lowest BCUT2D eigenvalue weighted by atomic mass is 10.1. The summed E-state index contributed by atoms with van der Waals surface area (Å²) in [6.07, 6.45) is 1.99. The van der Waals surface area contributed by atoms with Gasteiger partial charge < -0.3 is 10.6 Å². The van der Waals surface area contributed by atoms with Crippen molar-refractivity contribution >= 4 is 34.7 Å². The first-order valence-electron chi connectivity index (χ1n) is 7.51. The smallest absolute Gasteiger partial charge is 0.229 e. The van der Waals surface area contributed by atoms with Gasteiger partial charge in [-0.3, -0.25) is 4.79 Å². The molecule has 0 fully saturated rings. The molecule has 0 saturated heterocycles. The van der Waals surface area contributed by atoms with E-state index in [0.717, 1.165) is 16.9 Å². The lowest BCUT2D eigenvalue weighted by Gasteiger charge is -2.08. The normalized spacial score (nSPS) is 10.2. The van der Waals surface area contributed by atoms with Crippen LogP contribution in [-0.4, -0.2) is 10.9 Å². The standard InChI is InChI=1S/C19H16ClN3O/c20-15-7-4-8-16(12-15)22-17-9-10-18(21-13-17)23-19(24)11-14-5-2-1-3-6-14/h1-10,12-13,22H,11H2,(H,21,23,24). The van der Waals surface area contributed by atoms with Crippen LogP contribution in [0.4, 0.5) is 17.2 Å². The van der Waals surface area contributed by atoms with Gasteiger partial charge in [-0.1, -0.05) is 48.0 Å². The maximum Gasteiger partial charge on any atom is 0.229 e. The number of hydrogen-bond acceptors (Lipinski definition) is 3. The van der Waals surface area contributed by atoms with Crippen molar-refractivity contribution in [2.24, 2.45) is 0 Å². The van der Waals surface area contributed by atoms with Gasteiger partial charge in [-0.25, -0.2) is 4.98 Å². The van der Waals surface area contributed by atoms with Crippen molar-refractivity contribution in [1.82, 2.24) is 4.98 Å². The Hall–Kier alpha value is -2.85. The third-order valence-corrected chi connectivity index (χ3v) is 3.59. The Morgan fingerprint density at radius 2 is 1.79 bits per heavy atom. The van der Waals surface area contributed by atoms with E-state index in [1.807, 2.05) is 60.7 Å².